The van der Waals surface area contributed by atoms with E-state index in [1.54, 1.807) is 0 Å². The molecule has 15 heavy (non-hydrogen) atoms. The molecule has 2 unspecified atom stereocenters. The molecule has 0 spiro atoms. The highest BCUT2D eigenvalue weighted by Crippen LogP contribution is 2.36. The summed E-state index contributed by atoms with van der Waals surface area (Å²) < 4.78 is 10.4. The number of esters is 1. The Morgan fingerprint density at radius 1 is 1.40 bits per heavy atom. The van der Waals surface area contributed by atoms with Crippen molar-refractivity contribution in [2.24, 2.45) is 5.92 Å². The number of hydrogen-bond acceptors (Lipinski definition) is 4. The summed E-state index contributed by atoms with van der Waals surface area (Å²) in [4.78, 5) is 22.4. The van der Waals surface area contributed by atoms with Gasteiger partial charge in [0, 0.05) is 25.3 Å². The molecule has 0 saturated heterocycles. The highest BCUT2D eigenvalue weighted by molar-refractivity contribution is 5.97. The first kappa shape index (κ1) is 10.2. The van der Waals surface area contributed by atoms with E-state index in [4.69, 9.17) is 9.47 Å². The van der Waals surface area contributed by atoms with Gasteiger partial charge < -0.3 is 9.47 Å². The number of ether oxygens (including phenoxy) is 2. The van der Waals surface area contributed by atoms with Crippen LogP contribution >= 0.6 is 0 Å². The van der Waals surface area contributed by atoms with Crippen LogP contribution in [0.1, 0.15) is 33.1 Å². The first-order chi connectivity index (χ1) is 7.06. The van der Waals surface area contributed by atoms with E-state index in [9.17, 15) is 9.59 Å². The van der Waals surface area contributed by atoms with E-state index in [2.05, 4.69) is 0 Å². The van der Waals surface area contributed by atoms with E-state index in [0.29, 0.717) is 18.8 Å². The summed E-state index contributed by atoms with van der Waals surface area (Å²) in [6.07, 6.45) is 1.19. The summed E-state index contributed by atoms with van der Waals surface area (Å²) in [7, 11) is 0. The molecule has 2 rings (SSSR count). The van der Waals surface area contributed by atoms with Crippen LogP contribution in [0, 0.1) is 5.92 Å². The van der Waals surface area contributed by atoms with Crippen LogP contribution in [0.15, 0.2) is 11.3 Å². The minimum absolute atomic E-state index is 0.137. The molecule has 0 radical (unpaired) electrons. The average molecular weight is 210 g/mol. The summed E-state index contributed by atoms with van der Waals surface area (Å²) >= 11 is 0. The predicted molar refractivity (Wildman–Crippen MR) is 51.7 cm³/mol. The molecule has 0 bridgehead atoms. The van der Waals surface area contributed by atoms with Crippen LogP contribution in [-0.4, -0.2) is 18.0 Å². The Balaban J connectivity index is 2.06. The van der Waals surface area contributed by atoms with Gasteiger partial charge in [0.1, 0.15) is 5.76 Å². The summed E-state index contributed by atoms with van der Waals surface area (Å²) in [5, 5.41) is 0. The fourth-order valence-electron chi connectivity index (χ4n) is 2.07. The van der Waals surface area contributed by atoms with Crippen molar-refractivity contribution in [3.05, 3.63) is 11.3 Å². The van der Waals surface area contributed by atoms with E-state index < -0.39 is 6.29 Å². The quantitative estimate of drug-likeness (QED) is 0.616. The highest BCUT2D eigenvalue weighted by atomic mass is 16.7. The van der Waals surface area contributed by atoms with E-state index in [1.165, 1.54) is 6.92 Å². The smallest absolute Gasteiger partial charge is 0.305 e. The Labute approximate surface area is 88.2 Å². The van der Waals surface area contributed by atoms with Gasteiger partial charge in [-0.25, -0.2) is 0 Å². The maximum atomic E-state index is 11.6. The molecular weight excluding hydrogens is 196 g/mol. The van der Waals surface area contributed by atoms with Gasteiger partial charge in [0.25, 0.3) is 0 Å². The average Bonchev–Trinajstić information content (AvgIpc) is 2.45. The Kier molecular flexibility index (Phi) is 2.50. The molecule has 82 valence electrons. The lowest BCUT2D eigenvalue weighted by molar-refractivity contribution is -0.165. The van der Waals surface area contributed by atoms with Crippen molar-refractivity contribution in [2.75, 3.05) is 0 Å². The number of Topliss-reactive ketones (excluding diaryl/α,β-unsaturated/α-hetero) is 1. The van der Waals surface area contributed by atoms with E-state index in [1.807, 2.05) is 6.92 Å². The lowest BCUT2D eigenvalue weighted by atomic mass is 9.88. The fraction of sp³-hybridized carbons (Fsp3) is 0.636. The van der Waals surface area contributed by atoms with Crippen LogP contribution in [0.3, 0.4) is 0 Å². The van der Waals surface area contributed by atoms with E-state index in [0.717, 1.165) is 17.8 Å². The topological polar surface area (TPSA) is 52.6 Å². The first-order valence-corrected chi connectivity index (χ1v) is 5.15. The molecule has 0 saturated carbocycles. The third kappa shape index (κ3) is 2.03. The van der Waals surface area contributed by atoms with Crippen molar-refractivity contribution in [3.8, 4) is 0 Å². The van der Waals surface area contributed by atoms with E-state index in [-0.39, 0.29) is 11.8 Å². The van der Waals surface area contributed by atoms with E-state index >= 15 is 0 Å². The highest BCUT2D eigenvalue weighted by Gasteiger charge is 2.35. The molecule has 0 aromatic heterocycles. The second kappa shape index (κ2) is 3.68. The largest absolute Gasteiger partial charge is 0.458 e. The van der Waals surface area contributed by atoms with Crippen molar-refractivity contribution in [3.63, 3.8) is 0 Å². The third-order valence-corrected chi connectivity index (χ3v) is 2.68. The lowest BCUT2D eigenvalue weighted by Gasteiger charge is -2.17. The zero-order chi connectivity index (χ0) is 11.0. The van der Waals surface area contributed by atoms with Gasteiger partial charge in [0.15, 0.2) is 5.78 Å². The molecular formula is C11H14O4. The second-order valence-corrected chi connectivity index (χ2v) is 4.20. The number of ketones is 1. The van der Waals surface area contributed by atoms with Gasteiger partial charge in [-0.15, -0.1) is 0 Å². The molecule has 0 aromatic rings. The van der Waals surface area contributed by atoms with Crippen molar-refractivity contribution in [2.45, 2.75) is 39.4 Å². The summed E-state index contributed by atoms with van der Waals surface area (Å²) in [6.45, 7) is 3.36. The molecule has 0 aromatic carbocycles. The SMILES string of the molecule is CC(=O)OC1CC2=C(CC(C)CC2=O)O1. The normalized spacial score (nSPS) is 29.9. The number of allylic oxidation sites excluding steroid dienone is 1. The Morgan fingerprint density at radius 2 is 2.13 bits per heavy atom. The summed E-state index contributed by atoms with van der Waals surface area (Å²) in [5.74, 6) is 0.816. The van der Waals surface area contributed by atoms with Gasteiger partial charge in [-0.05, 0) is 5.92 Å². The van der Waals surface area contributed by atoms with Crippen LogP contribution in [0.4, 0.5) is 0 Å². The van der Waals surface area contributed by atoms with Crippen LogP contribution in [0.5, 0.6) is 0 Å². The zero-order valence-electron chi connectivity index (χ0n) is 8.91. The van der Waals surface area contributed by atoms with Gasteiger partial charge in [-0.3, -0.25) is 9.59 Å². The zero-order valence-corrected chi connectivity index (χ0v) is 8.91. The van der Waals surface area contributed by atoms with Crippen LogP contribution < -0.4 is 0 Å². The molecule has 1 aliphatic carbocycles. The molecule has 0 N–H and O–H groups in total. The number of carbonyl (C=O) groups is 2. The number of hydrogen-bond donors (Lipinski definition) is 0. The predicted octanol–water partition coefficient (Wildman–Crippen LogP) is 1.55. The van der Waals surface area contributed by atoms with Crippen molar-refractivity contribution >= 4 is 11.8 Å². The Hall–Kier alpha value is -1.32. The van der Waals surface area contributed by atoms with Gasteiger partial charge >= 0.3 is 5.97 Å². The number of carbonyl (C=O) groups excluding carboxylic acids is 2. The molecule has 2 aliphatic rings. The van der Waals surface area contributed by atoms with Crippen molar-refractivity contribution < 1.29 is 19.1 Å². The third-order valence-electron chi connectivity index (χ3n) is 2.68. The first-order valence-electron chi connectivity index (χ1n) is 5.15. The minimum Gasteiger partial charge on any atom is -0.458 e. The molecule has 4 heteroatoms. The second-order valence-electron chi connectivity index (χ2n) is 4.20. The van der Waals surface area contributed by atoms with Crippen LogP contribution in [-0.2, 0) is 19.1 Å². The number of rotatable bonds is 1. The fourth-order valence-corrected chi connectivity index (χ4v) is 2.07. The van der Waals surface area contributed by atoms with Gasteiger partial charge in [0.2, 0.25) is 6.29 Å². The summed E-state index contributed by atoms with van der Waals surface area (Å²) in [6, 6.07) is 0. The van der Waals surface area contributed by atoms with Crippen molar-refractivity contribution in [1.82, 2.24) is 0 Å². The standard InChI is InChI=1S/C11H14O4/c1-6-3-9(13)8-5-11(14-7(2)12)15-10(8)4-6/h6,11H,3-5H2,1-2H3. The Morgan fingerprint density at radius 3 is 2.80 bits per heavy atom. The minimum atomic E-state index is -0.582. The summed E-state index contributed by atoms with van der Waals surface area (Å²) in [5.41, 5.74) is 0.722. The van der Waals surface area contributed by atoms with Crippen molar-refractivity contribution in [1.29, 1.82) is 0 Å². The Bertz CT molecular complexity index is 342. The molecule has 4 nitrogen and oxygen atoms in total. The van der Waals surface area contributed by atoms with Crippen LogP contribution in [0.2, 0.25) is 0 Å². The molecule has 0 fully saturated rings. The molecule has 1 aliphatic heterocycles. The molecule has 1 heterocycles. The van der Waals surface area contributed by atoms with Gasteiger partial charge in [-0.1, -0.05) is 6.92 Å². The molecule has 2 atom stereocenters. The van der Waals surface area contributed by atoms with Crippen LogP contribution in [0.25, 0.3) is 0 Å². The van der Waals surface area contributed by atoms with Gasteiger partial charge in [0.05, 0.1) is 6.42 Å². The maximum absolute atomic E-state index is 11.6. The maximum Gasteiger partial charge on any atom is 0.305 e. The van der Waals surface area contributed by atoms with Gasteiger partial charge in [-0.2, -0.15) is 0 Å². The monoisotopic (exact) mass is 210 g/mol. The molecule has 0 amide bonds. The lowest BCUT2D eigenvalue weighted by Crippen LogP contribution is -2.15.